The Kier molecular flexibility index (Phi) is 5.83. The summed E-state index contributed by atoms with van der Waals surface area (Å²) in [5, 5.41) is 0. The lowest BCUT2D eigenvalue weighted by Gasteiger charge is -2.28. The van der Waals surface area contributed by atoms with Crippen LogP contribution in [0.5, 0.6) is 0 Å². The zero-order valence-electron chi connectivity index (χ0n) is 15.3. The van der Waals surface area contributed by atoms with E-state index in [9.17, 15) is 14.4 Å². The number of imide groups is 1. The Labute approximate surface area is 138 Å². The number of nitrogens with zero attached hydrogens (tertiary/aromatic N) is 1. The molecule has 2 atom stereocenters. The van der Waals surface area contributed by atoms with E-state index in [-0.39, 0.29) is 11.8 Å². The topological polar surface area (TPSA) is 72.9 Å². The summed E-state index contributed by atoms with van der Waals surface area (Å²) in [6, 6.07) is -0.909. The van der Waals surface area contributed by atoms with Gasteiger partial charge in [-0.15, -0.1) is 0 Å². The van der Waals surface area contributed by atoms with Gasteiger partial charge in [0.15, 0.2) is 0 Å². The lowest BCUT2D eigenvalue weighted by molar-refractivity contribution is -0.161. The van der Waals surface area contributed by atoms with E-state index in [1.165, 1.54) is 0 Å². The van der Waals surface area contributed by atoms with Gasteiger partial charge in [0.2, 0.25) is 5.91 Å². The second-order valence-electron chi connectivity index (χ2n) is 7.96. The van der Waals surface area contributed by atoms with E-state index in [1.807, 2.05) is 6.92 Å². The molecule has 0 bridgehead atoms. The van der Waals surface area contributed by atoms with Crippen LogP contribution in [0.15, 0.2) is 0 Å². The first-order chi connectivity index (χ1) is 10.4. The molecule has 1 aliphatic rings. The number of hydrogen-bond donors (Lipinski definition) is 0. The molecular formula is C17H29NO5. The van der Waals surface area contributed by atoms with Gasteiger partial charge in [-0.2, -0.15) is 0 Å². The van der Waals surface area contributed by atoms with Crippen molar-refractivity contribution < 1.29 is 23.9 Å². The molecule has 0 saturated carbocycles. The fourth-order valence-corrected chi connectivity index (χ4v) is 2.52. The molecular weight excluding hydrogens is 298 g/mol. The average molecular weight is 327 g/mol. The van der Waals surface area contributed by atoms with Crippen LogP contribution in [0.3, 0.4) is 0 Å². The van der Waals surface area contributed by atoms with Gasteiger partial charge in [0, 0.05) is 5.92 Å². The number of rotatable bonds is 3. The summed E-state index contributed by atoms with van der Waals surface area (Å²) in [6.45, 7) is 12.4. The van der Waals surface area contributed by atoms with Crippen LogP contribution >= 0.6 is 0 Å². The van der Waals surface area contributed by atoms with Crippen molar-refractivity contribution in [3.8, 4) is 0 Å². The molecule has 2 amide bonds. The van der Waals surface area contributed by atoms with Gasteiger partial charge < -0.3 is 9.47 Å². The maximum Gasteiger partial charge on any atom is 0.417 e. The highest BCUT2D eigenvalue weighted by molar-refractivity contribution is 6.00. The third kappa shape index (κ3) is 5.52. The number of hydrogen-bond acceptors (Lipinski definition) is 5. The van der Waals surface area contributed by atoms with Gasteiger partial charge in [-0.1, -0.05) is 13.3 Å². The van der Waals surface area contributed by atoms with Crippen molar-refractivity contribution in [3.63, 3.8) is 0 Å². The average Bonchev–Trinajstić information content (AvgIpc) is 2.63. The molecule has 6 heteroatoms. The van der Waals surface area contributed by atoms with Gasteiger partial charge in [-0.3, -0.25) is 4.79 Å². The maximum absolute atomic E-state index is 12.5. The van der Waals surface area contributed by atoms with Gasteiger partial charge in [0.05, 0.1) is 0 Å². The third-order valence-electron chi connectivity index (χ3n) is 3.31. The molecule has 0 aromatic carbocycles. The van der Waals surface area contributed by atoms with E-state index in [2.05, 4.69) is 0 Å². The minimum atomic E-state index is -0.909. The Hall–Kier alpha value is -1.59. The van der Waals surface area contributed by atoms with Crippen molar-refractivity contribution in [2.75, 3.05) is 0 Å². The van der Waals surface area contributed by atoms with Crippen molar-refractivity contribution in [2.45, 2.75) is 85.0 Å². The highest BCUT2D eigenvalue weighted by Crippen LogP contribution is 2.31. The van der Waals surface area contributed by atoms with Crippen molar-refractivity contribution >= 4 is 18.0 Å². The van der Waals surface area contributed by atoms with Crippen molar-refractivity contribution in [2.24, 2.45) is 5.92 Å². The summed E-state index contributed by atoms with van der Waals surface area (Å²) >= 11 is 0. The van der Waals surface area contributed by atoms with Crippen LogP contribution in [0.2, 0.25) is 0 Å². The summed E-state index contributed by atoms with van der Waals surface area (Å²) in [4.78, 5) is 38.3. The number of carbonyl (C=O) groups excluding carboxylic acids is 3. The quantitative estimate of drug-likeness (QED) is 0.744. The maximum atomic E-state index is 12.5. The Bertz CT molecular complexity index is 472. The minimum Gasteiger partial charge on any atom is -0.458 e. The zero-order valence-corrected chi connectivity index (χ0v) is 15.3. The van der Waals surface area contributed by atoms with Gasteiger partial charge in [-0.25, -0.2) is 14.5 Å². The second-order valence-corrected chi connectivity index (χ2v) is 7.96. The molecule has 1 aliphatic heterocycles. The number of likely N-dealkylation sites (tertiary alicyclic amines) is 1. The lowest BCUT2D eigenvalue weighted by atomic mass is 10.00. The Morgan fingerprint density at radius 3 is 2.04 bits per heavy atom. The summed E-state index contributed by atoms with van der Waals surface area (Å²) in [6.07, 6.45) is 0.953. The van der Waals surface area contributed by atoms with E-state index in [0.717, 1.165) is 11.3 Å². The monoisotopic (exact) mass is 327 g/mol. The second kappa shape index (κ2) is 6.89. The number of carbonyl (C=O) groups is 3. The largest absolute Gasteiger partial charge is 0.458 e. The van der Waals surface area contributed by atoms with Gasteiger partial charge in [-0.05, 0) is 54.4 Å². The molecule has 1 rings (SSSR count). The van der Waals surface area contributed by atoms with Crippen LogP contribution in [0.1, 0.15) is 67.7 Å². The van der Waals surface area contributed by atoms with Crippen LogP contribution in [0.25, 0.3) is 0 Å². The smallest absolute Gasteiger partial charge is 0.417 e. The van der Waals surface area contributed by atoms with E-state index in [4.69, 9.17) is 9.47 Å². The number of ether oxygens (including phenoxy) is 2. The predicted octanol–water partition coefficient (Wildman–Crippen LogP) is 3.28. The van der Waals surface area contributed by atoms with E-state index in [0.29, 0.717) is 12.8 Å². The van der Waals surface area contributed by atoms with Gasteiger partial charge in [0.1, 0.15) is 17.2 Å². The fourth-order valence-electron chi connectivity index (χ4n) is 2.52. The Balaban J connectivity index is 3.01. The SMILES string of the molecule is CCC[C@H]1C[C@@H](C(=O)OC(C)(C)C)N(C(=O)OC(C)(C)C)C1=O. The van der Waals surface area contributed by atoms with E-state index >= 15 is 0 Å². The molecule has 23 heavy (non-hydrogen) atoms. The highest BCUT2D eigenvalue weighted by atomic mass is 16.6. The summed E-state index contributed by atoms with van der Waals surface area (Å²) in [5.41, 5.74) is -1.42. The first kappa shape index (κ1) is 19.5. The normalized spacial score (nSPS) is 22.2. The van der Waals surface area contributed by atoms with Gasteiger partial charge >= 0.3 is 12.1 Å². The molecule has 1 heterocycles. The lowest BCUT2D eigenvalue weighted by Crippen LogP contribution is -2.47. The van der Waals surface area contributed by atoms with Crippen LogP contribution < -0.4 is 0 Å². The first-order valence-electron chi connectivity index (χ1n) is 8.14. The number of esters is 1. The van der Waals surface area contributed by atoms with E-state index in [1.54, 1.807) is 41.5 Å². The fraction of sp³-hybridized carbons (Fsp3) is 0.824. The summed E-state index contributed by atoms with van der Waals surface area (Å²) in [7, 11) is 0. The molecule has 6 nitrogen and oxygen atoms in total. The third-order valence-corrected chi connectivity index (χ3v) is 3.31. The predicted molar refractivity (Wildman–Crippen MR) is 85.7 cm³/mol. The van der Waals surface area contributed by atoms with Crippen LogP contribution in [0.4, 0.5) is 4.79 Å². The highest BCUT2D eigenvalue weighted by Gasteiger charge is 2.49. The minimum absolute atomic E-state index is 0.292. The molecule has 0 radical (unpaired) electrons. The van der Waals surface area contributed by atoms with Crippen molar-refractivity contribution in [1.29, 1.82) is 0 Å². The first-order valence-corrected chi connectivity index (χ1v) is 8.14. The van der Waals surface area contributed by atoms with Crippen LogP contribution in [0, 0.1) is 5.92 Å². The van der Waals surface area contributed by atoms with Crippen LogP contribution in [-0.4, -0.2) is 40.1 Å². The molecule has 0 aromatic rings. The van der Waals surface area contributed by atoms with Crippen molar-refractivity contribution in [1.82, 2.24) is 4.90 Å². The zero-order chi connectivity index (χ0) is 18.0. The van der Waals surface area contributed by atoms with Gasteiger partial charge in [0.25, 0.3) is 0 Å². The van der Waals surface area contributed by atoms with Crippen molar-refractivity contribution in [3.05, 3.63) is 0 Å². The Morgan fingerprint density at radius 2 is 1.61 bits per heavy atom. The Morgan fingerprint density at radius 1 is 1.09 bits per heavy atom. The van der Waals surface area contributed by atoms with E-state index < -0.39 is 29.3 Å². The molecule has 0 aliphatic carbocycles. The molecule has 1 saturated heterocycles. The molecule has 0 unspecified atom stereocenters. The number of amides is 2. The standard InChI is InChI=1S/C17H29NO5/c1-8-9-11-10-12(14(20)22-16(2,3)4)18(13(11)19)15(21)23-17(5,6)7/h11-12H,8-10H2,1-7H3/t11-,12-/m0/s1. The van der Waals surface area contributed by atoms with Crippen LogP contribution in [-0.2, 0) is 19.1 Å². The summed E-state index contributed by atoms with van der Waals surface area (Å²) < 4.78 is 10.7. The molecule has 0 spiro atoms. The molecule has 1 fully saturated rings. The molecule has 0 N–H and O–H groups in total. The summed E-state index contributed by atoms with van der Waals surface area (Å²) in [5.74, 6) is -1.25. The molecule has 0 aromatic heterocycles. The molecule has 132 valence electrons.